The molecule has 1 aliphatic rings. The fraction of sp³-hybridized carbons (Fsp3) is 0.769. The summed E-state index contributed by atoms with van der Waals surface area (Å²) in [4.78, 5) is 35.4. The molecule has 0 atom stereocenters. The lowest BCUT2D eigenvalue weighted by Crippen LogP contribution is -2.32. The first-order valence-electron chi connectivity index (χ1n) is 6.75. The van der Waals surface area contributed by atoms with E-state index in [1.807, 2.05) is 0 Å². The summed E-state index contributed by atoms with van der Waals surface area (Å²) in [7, 11) is 1.36. The highest BCUT2D eigenvalue weighted by molar-refractivity contribution is 5.80. The number of unbranched alkanes of at least 4 members (excludes halogenated alkanes) is 1. The van der Waals surface area contributed by atoms with Crippen LogP contribution in [0.2, 0.25) is 0 Å². The first kappa shape index (κ1) is 15.5. The molecule has 0 aliphatic carbocycles. The number of carbonyl (C=O) groups excluding carboxylic acids is 3. The molecule has 0 spiro atoms. The van der Waals surface area contributed by atoms with Gasteiger partial charge in [0.1, 0.15) is 0 Å². The molecule has 2 amide bonds. The summed E-state index contributed by atoms with van der Waals surface area (Å²) in [5.74, 6) is -0.123. The minimum absolute atomic E-state index is 0.0437. The maximum Gasteiger partial charge on any atom is 0.305 e. The van der Waals surface area contributed by atoms with Crippen LogP contribution in [0.3, 0.4) is 0 Å². The van der Waals surface area contributed by atoms with E-state index in [4.69, 9.17) is 0 Å². The average Bonchev–Trinajstić information content (AvgIpc) is 2.81. The maximum absolute atomic E-state index is 11.5. The number of likely N-dealkylation sites (tertiary alicyclic amines) is 1. The van der Waals surface area contributed by atoms with Gasteiger partial charge in [0.15, 0.2) is 0 Å². The monoisotopic (exact) mass is 270 g/mol. The lowest BCUT2D eigenvalue weighted by atomic mass is 10.2. The Labute approximate surface area is 113 Å². The van der Waals surface area contributed by atoms with E-state index in [-0.39, 0.29) is 17.8 Å². The second-order valence-corrected chi connectivity index (χ2v) is 4.62. The number of rotatable bonds is 8. The van der Waals surface area contributed by atoms with Crippen molar-refractivity contribution in [1.29, 1.82) is 0 Å². The van der Waals surface area contributed by atoms with Gasteiger partial charge in [-0.3, -0.25) is 14.4 Å². The van der Waals surface area contributed by atoms with E-state index in [2.05, 4.69) is 10.1 Å². The van der Waals surface area contributed by atoms with E-state index in [0.717, 1.165) is 19.4 Å². The van der Waals surface area contributed by atoms with Crippen LogP contribution in [0.25, 0.3) is 0 Å². The highest BCUT2D eigenvalue weighted by atomic mass is 16.5. The second kappa shape index (κ2) is 8.50. The average molecular weight is 270 g/mol. The van der Waals surface area contributed by atoms with E-state index in [1.54, 1.807) is 4.90 Å². The van der Waals surface area contributed by atoms with Crippen molar-refractivity contribution < 1.29 is 19.1 Å². The largest absolute Gasteiger partial charge is 0.469 e. The van der Waals surface area contributed by atoms with Crippen LogP contribution in [0.1, 0.15) is 38.5 Å². The van der Waals surface area contributed by atoms with Crippen LogP contribution in [0.15, 0.2) is 0 Å². The summed E-state index contributed by atoms with van der Waals surface area (Å²) < 4.78 is 4.52. The quantitative estimate of drug-likeness (QED) is 0.513. The topological polar surface area (TPSA) is 75.7 Å². The van der Waals surface area contributed by atoms with Crippen molar-refractivity contribution >= 4 is 17.8 Å². The van der Waals surface area contributed by atoms with Crippen molar-refractivity contribution in [2.24, 2.45) is 0 Å². The number of esters is 1. The molecule has 0 aromatic rings. The van der Waals surface area contributed by atoms with Crippen LogP contribution in [0.5, 0.6) is 0 Å². The Bertz CT molecular complexity index is 331. The van der Waals surface area contributed by atoms with Gasteiger partial charge in [-0.05, 0) is 19.3 Å². The van der Waals surface area contributed by atoms with Crippen LogP contribution >= 0.6 is 0 Å². The van der Waals surface area contributed by atoms with E-state index < -0.39 is 0 Å². The molecule has 0 aromatic carbocycles. The summed E-state index contributed by atoms with van der Waals surface area (Å²) in [6.45, 7) is 1.84. The molecular formula is C13H22N2O4. The van der Waals surface area contributed by atoms with Gasteiger partial charge < -0.3 is 15.0 Å². The second-order valence-electron chi connectivity index (χ2n) is 4.62. The lowest BCUT2D eigenvalue weighted by molar-refractivity contribution is -0.140. The van der Waals surface area contributed by atoms with Gasteiger partial charge in [0, 0.05) is 38.9 Å². The van der Waals surface area contributed by atoms with Gasteiger partial charge in [-0.2, -0.15) is 0 Å². The molecule has 0 saturated carbocycles. The van der Waals surface area contributed by atoms with E-state index in [0.29, 0.717) is 38.8 Å². The summed E-state index contributed by atoms with van der Waals surface area (Å²) in [5, 5.41) is 2.78. The predicted octanol–water partition coefficient (Wildman–Crippen LogP) is 0.458. The van der Waals surface area contributed by atoms with E-state index in [1.165, 1.54) is 7.11 Å². The zero-order chi connectivity index (χ0) is 14.1. The van der Waals surface area contributed by atoms with Crippen LogP contribution in [0.4, 0.5) is 0 Å². The molecular weight excluding hydrogens is 248 g/mol. The molecule has 19 heavy (non-hydrogen) atoms. The zero-order valence-corrected chi connectivity index (χ0v) is 11.4. The summed E-state index contributed by atoms with van der Waals surface area (Å²) in [5.41, 5.74) is 0. The minimum Gasteiger partial charge on any atom is -0.469 e. The molecule has 0 aromatic heterocycles. The Hall–Kier alpha value is -1.59. The molecule has 108 valence electrons. The Balaban J connectivity index is 1.99. The van der Waals surface area contributed by atoms with Gasteiger partial charge in [-0.1, -0.05) is 0 Å². The molecule has 1 rings (SSSR count). The summed E-state index contributed by atoms with van der Waals surface area (Å²) in [6, 6.07) is 0. The summed E-state index contributed by atoms with van der Waals surface area (Å²) >= 11 is 0. The lowest BCUT2D eigenvalue weighted by Gasteiger charge is -2.14. The van der Waals surface area contributed by atoms with Gasteiger partial charge in [0.2, 0.25) is 11.8 Å². The third kappa shape index (κ3) is 6.22. The number of ether oxygens (including phenoxy) is 1. The molecule has 1 fully saturated rings. The molecule has 6 heteroatoms. The highest BCUT2D eigenvalue weighted by Gasteiger charge is 2.20. The maximum atomic E-state index is 11.5. The van der Waals surface area contributed by atoms with Crippen molar-refractivity contribution in [3.05, 3.63) is 0 Å². The standard InChI is InChI=1S/C13H22N2O4/c1-19-13(18)6-2-3-8-14-11(16)7-10-15-9-4-5-12(15)17/h2-10H2,1H3,(H,14,16). The Morgan fingerprint density at radius 3 is 2.74 bits per heavy atom. The fourth-order valence-electron chi connectivity index (χ4n) is 1.99. The number of nitrogens with one attached hydrogen (secondary N) is 1. The third-order valence-electron chi connectivity index (χ3n) is 3.14. The molecule has 0 bridgehead atoms. The molecule has 1 heterocycles. The van der Waals surface area contributed by atoms with Crippen molar-refractivity contribution in [3.8, 4) is 0 Å². The SMILES string of the molecule is COC(=O)CCCCNC(=O)CCN1CCCC1=O. The number of carbonyl (C=O) groups is 3. The van der Waals surface area contributed by atoms with E-state index >= 15 is 0 Å². The molecule has 1 aliphatic heterocycles. The summed E-state index contributed by atoms with van der Waals surface area (Å²) in [6.07, 6.45) is 3.70. The van der Waals surface area contributed by atoms with Crippen LogP contribution in [-0.2, 0) is 19.1 Å². The van der Waals surface area contributed by atoms with Gasteiger partial charge in [0.05, 0.1) is 7.11 Å². The Morgan fingerprint density at radius 2 is 2.11 bits per heavy atom. The highest BCUT2D eigenvalue weighted by Crippen LogP contribution is 2.09. The van der Waals surface area contributed by atoms with Gasteiger partial charge in [0.25, 0.3) is 0 Å². The normalized spacial score (nSPS) is 14.6. The first-order valence-corrected chi connectivity index (χ1v) is 6.75. The van der Waals surface area contributed by atoms with Crippen molar-refractivity contribution in [1.82, 2.24) is 10.2 Å². The molecule has 1 saturated heterocycles. The van der Waals surface area contributed by atoms with Crippen LogP contribution in [0, 0.1) is 0 Å². The number of methoxy groups -OCH3 is 1. The molecule has 0 unspecified atom stereocenters. The molecule has 1 N–H and O–H groups in total. The number of nitrogens with zero attached hydrogens (tertiary/aromatic N) is 1. The number of hydrogen-bond donors (Lipinski definition) is 1. The van der Waals surface area contributed by atoms with E-state index in [9.17, 15) is 14.4 Å². The van der Waals surface area contributed by atoms with Crippen LogP contribution < -0.4 is 5.32 Å². The van der Waals surface area contributed by atoms with Crippen molar-refractivity contribution in [2.75, 3.05) is 26.7 Å². The smallest absolute Gasteiger partial charge is 0.305 e. The first-order chi connectivity index (χ1) is 9.13. The fourth-order valence-corrected chi connectivity index (χ4v) is 1.99. The molecule has 6 nitrogen and oxygen atoms in total. The number of amides is 2. The van der Waals surface area contributed by atoms with Crippen molar-refractivity contribution in [2.45, 2.75) is 38.5 Å². The van der Waals surface area contributed by atoms with Gasteiger partial charge in [-0.15, -0.1) is 0 Å². The molecule has 0 radical (unpaired) electrons. The predicted molar refractivity (Wildman–Crippen MR) is 69.3 cm³/mol. The third-order valence-corrected chi connectivity index (χ3v) is 3.14. The Morgan fingerprint density at radius 1 is 1.32 bits per heavy atom. The van der Waals surface area contributed by atoms with Gasteiger partial charge >= 0.3 is 5.97 Å². The van der Waals surface area contributed by atoms with Crippen molar-refractivity contribution in [3.63, 3.8) is 0 Å². The zero-order valence-electron chi connectivity index (χ0n) is 11.4. The minimum atomic E-state index is -0.223. The Kier molecular flexibility index (Phi) is 6.92. The number of hydrogen-bond acceptors (Lipinski definition) is 4. The van der Waals surface area contributed by atoms with Crippen LogP contribution in [-0.4, -0.2) is 49.4 Å². The van der Waals surface area contributed by atoms with Gasteiger partial charge in [-0.25, -0.2) is 0 Å².